The lowest BCUT2D eigenvalue weighted by molar-refractivity contribution is -0.147. The van der Waals surface area contributed by atoms with Crippen LogP contribution in [-0.2, 0) is 31.3 Å². The summed E-state index contributed by atoms with van der Waals surface area (Å²) in [4.78, 5) is 37.1. The highest BCUT2D eigenvalue weighted by molar-refractivity contribution is 8.13. The number of halogens is 1. The zero-order valence-electron chi connectivity index (χ0n) is 18.2. The van der Waals surface area contributed by atoms with Crippen molar-refractivity contribution in [1.29, 1.82) is 0 Å². The predicted molar refractivity (Wildman–Crippen MR) is 133 cm³/mol. The standard InChI is InChI=1S/C24H28ClNO4S2/c1-3-30-24(29)22(16-31-14-19-7-5-4-6-8-19)26-23(28)20(15-32-17(2)27)13-18-9-11-21(25)12-10-18/h4-12,20,22H,3,13-16H2,1-2H3,(H,26,28)/t20-,22-/m0/s1. The van der Waals surface area contributed by atoms with E-state index in [1.807, 2.05) is 42.5 Å². The van der Waals surface area contributed by atoms with Crippen molar-refractivity contribution in [3.63, 3.8) is 0 Å². The lowest BCUT2D eigenvalue weighted by Crippen LogP contribution is -2.47. The van der Waals surface area contributed by atoms with Gasteiger partial charge in [-0.1, -0.05) is 65.8 Å². The number of amides is 1. The summed E-state index contributed by atoms with van der Waals surface area (Å²) < 4.78 is 5.18. The number of benzene rings is 2. The molecule has 2 rings (SSSR count). The van der Waals surface area contributed by atoms with Crippen molar-refractivity contribution < 1.29 is 19.1 Å². The molecule has 0 spiro atoms. The Hall–Kier alpha value is -1.96. The van der Waals surface area contributed by atoms with Gasteiger partial charge in [-0.3, -0.25) is 9.59 Å². The molecule has 0 heterocycles. The maximum Gasteiger partial charge on any atom is 0.329 e. The molecular formula is C24H28ClNO4S2. The molecular weight excluding hydrogens is 466 g/mol. The second kappa shape index (κ2) is 14.2. The maximum absolute atomic E-state index is 13.1. The van der Waals surface area contributed by atoms with Gasteiger partial charge in [-0.2, -0.15) is 11.8 Å². The summed E-state index contributed by atoms with van der Waals surface area (Å²) in [6.45, 7) is 3.45. The van der Waals surface area contributed by atoms with Gasteiger partial charge >= 0.3 is 5.97 Å². The minimum Gasteiger partial charge on any atom is -0.464 e. The van der Waals surface area contributed by atoms with Gasteiger partial charge in [-0.05, 0) is 36.6 Å². The van der Waals surface area contributed by atoms with Crippen LogP contribution >= 0.6 is 35.1 Å². The lowest BCUT2D eigenvalue weighted by atomic mass is 10.00. The molecule has 2 atom stereocenters. The van der Waals surface area contributed by atoms with Gasteiger partial charge < -0.3 is 10.1 Å². The maximum atomic E-state index is 13.1. The molecule has 2 aromatic rings. The van der Waals surface area contributed by atoms with Crippen molar-refractivity contribution in [1.82, 2.24) is 5.32 Å². The largest absolute Gasteiger partial charge is 0.464 e. The normalized spacial score (nSPS) is 12.6. The zero-order chi connectivity index (χ0) is 23.3. The van der Waals surface area contributed by atoms with E-state index < -0.39 is 17.9 Å². The Morgan fingerprint density at radius 2 is 1.69 bits per heavy atom. The third kappa shape index (κ3) is 9.67. The molecule has 8 heteroatoms. The molecule has 0 unspecified atom stereocenters. The molecule has 0 saturated carbocycles. The van der Waals surface area contributed by atoms with Crippen LogP contribution in [0.25, 0.3) is 0 Å². The fourth-order valence-electron chi connectivity index (χ4n) is 2.92. The minimum absolute atomic E-state index is 0.0562. The Labute approximate surface area is 203 Å². The molecule has 0 aliphatic heterocycles. The molecule has 0 fully saturated rings. The Bertz CT molecular complexity index is 877. The van der Waals surface area contributed by atoms with E-state index in [0.717, 1.165) is 28.6 Å². The van der Waals surface area contributed by atoms with E-state index >= 15 is 0 Å². The molecule has 172 valence electrons. The highest BCUT2D eigenvalue weighted by Gasteiger charge is 2.27. The molecule has 0 saturated heterocycles. The van der Waals surface area contributed by atoms with Crippen molar-refractivity contribution >= 4 is 52.1 Å². The first kappa shape index (κ1) is 26.3. The summed E-state index contributed by atoms with van der Waals surface area (Å²) in [5.41, 5.74) is 2.08. The van der Waals surface area contributed by atoms with E-state index in [1.54, 1.807) is 30.8 Å². The number of thioether (sulfide) groups is 2. The summed E-state index contributed by atoms with van der Waals surface area (Å²) >= 11 is 8.62. The summed E-state index contributed by atoms with van der Waals surface area (Å²) in [6.07, 6.45) is 0.440. The molecule has 0 aliphatic carbocycles. The van der Waals surface area contributed by atoms with Gasteiger partial charge in [0.25, 0.3) is 0 Å². The van der Waals surface area contributed by atoms with Gasteiger partial charge in [0.1, 0.15) is 6.04 Å². The van der Waals surface area contributed by atoms with Crippen molar-refractivity contribution in [2.75, 3.05) is 18.1 Å². The smallest absolute Gasteiger partial charge is 0.329 e. The van der Waals surface area contributed by atoms with E-state index in [1.165, 1.54) is 6.92 Å². The summed E-state index contributed by atoms with van der Waals surface area (Å²) in [7, 11) is 0. The fraction of sp³-hybridized carbons (Fsp3) is 0.375. The molecule has 0 aliphatic rings. The average Bonchev–Trinajstić information content (AvgIpc) is 2.77. The first-order valence-electron chi connectivity index (χ1n) is 10.4. The van der Waals surface area contributed by atoms with Crippen LogP contribution in [-0.4, -0.2) is 41.1 Å². The number of nitrogens with one attached hydrogen (secondary N) is 1. The molecule has 0 aromatic heterocycles. The van der Waals surface area contributed by atoms with E-state index in [0.29, 0.717) is 22.9 Å². The molecule has 2 aromatic carbocycles. The quantitative estimate of drug-likeness (QED) is 0.430. The molecule has 5 nitrogen and oxygen atoms in total. The molecule has 0 bridgehead atoms. The Balaban J connectivity index is 2.05. The van der Waals surface area contributed by atoms with E-state index in [9.17, 15) is 14.4 Å². The number of rotatable bonds is 12. The third-order valence-corrected chi connectivity index (χ3v) is 6.87. The van der Waals surface area contributed by atoms with Crippen molar-refractivity contribution in [3.8, 4) is 0 Å². The number of carbonyl (C=O) groups is 3. The second-order valence-electron chi connectivity index (χ2n) is 7.14. The molecule has 1 amide bonds. The fourth-order valence-corrected chi connectivity index (χ4v) is 4.75. The van der Waals surface area contributed by atoms with Gasteiger partial charge in [-0.15, -0.1) is 0 Å². The summed E-state index contributed by atoms with van der Waals surface area (Å²) in [5.74, 6) is 0.254. The predicted octanol–water partition coefficient (Wildman–Crippen LogP) is 4.76. The lowest BCUT2D eigenvalue weighted by Gasteiger charge is -2.21. The Morgan fingerprint density at radius 1 is 1.00 bits per heavy atom. The highest BCUT2D eigenvalue weighted by atomic mass is 35.5. The van der Waals surface area contributed by atoms with E-state index in [-0.39, 0.29) is 17.6 Å². The number of hydrogen-bond acceptors (Lipinski definition) is 6. The number of carbonyl (C=O) groups excluding carboxylic acids is 3. The van der Waals surface area contributed by atoms with E-state index in [4.69, 9.17) is 16.3 Å². The van der Waals surface area contributed by atoms with Gasteiger partial charge in [0.15, 0.2) is 5.12 Å². The van der Waals surface area contributed by atoms with Crippen molar-refractivity contribution in [3.05, 3.63) is 70.7 Å². The van der Waals surface area contributed by atoms with Gasteiger partial charge in [0.05, 0.1) is 12.5 Å². The van der Waals surface area contributed by atoms with Crippen LogP contribution in [0.5, 0.6) is 0 Å². The van der Waals surface area contributed by atoms with Crippen LogP contribution < -0.4 is 5.32 Å². The van der Waals surface area contributed by atoms with Gasteiger partial charge in [-0.25, -0.2) is 4.79 Å². The molecule has 32 heavy (non-hydrogen) atoms. The first-order valence-corrected chi connectivity index (χ1v) is 12.9. The van der Waals surface area contributed by atoms with Crippen molar-refractivity contribution in [2.45, 2.75) is 32.1 Å². The van der Waals surface area contributed by atoms with Gasteiger partial charge in [0.2, 0.25) is 5.91 Å². The van der Waals surface area contributed by atoms with Gasteiger partial charge in [0, 0.05) is 29.2 Å². The van der Waals surface area contributed by atoms with E-state index in [2.05, 4.69) is 5.32 Å². The monoisotopic (exact) mass is 493 g/mol. The topological polar surface area (TPSA) is 72.5 Å². The Kier molecular flexibility index (Phi) is 11.7. The van der Waals surface area contributed by atoms with Crippen molar-refractivity contribution in [2.24, 2.45) is 5.92 Å². The first-order chi connectivity index (χ1) is 15.4. The zero-order valence-corrected chi connectivity index (χ0v) is 20.6. The van der Waals surface area contributed by atoms with Crippen LogP contribution in [0.15, 0.2) is 54.6 Å². The average molecular weight is 494 g/mol. The van der Waals surface area contributed by atoms with Crippen LogP contribution in [0.1, 0.15) is 25.0 Å². The summed E-state index contributed by atoms with van der Waals surface area (Å²) in [5, 5.41) is 3.42. The minimum atomic E-state index is -0.758. The van der Waals surface area contributed by atoms with Crippen LogP contribution in [0, 0.1) is 5.92 Å². The number of esters is 1. The Morgan fingerprint density at radius 3 is 2.31 bits per heavy atom. The van der Waals surface area contributed by atoms with Crippen LogP contribution in [0.2, 0.25) is 5.02 Å². The molecule has 0 radical (unpaired) electrons. The highest BCUT2D eigenvalue weighted by Crippen LogP contribution is 2.19. The second-order valence-corrected chi connectivity index (χ2v) is 9.81. The van der Waals surface area contributed by atoms with Crippen LogP contribution in [0.3, 0.4) is 0 Å². The summed E-state index contributed by atoms with van der Waals surface area (Å²) in [6, 6.07) is 16.4. The van der Waals surface area contributed by atoms with Crippen LogP contribution in [0.4, 0.5) is 0 Å². The third-order valence-electron chi connectivity index (χ3n) is 4.54. The number of hydrogen-bond donors (Lipinski definition) is 1. The SMILES string of the molecule is CCOC(=O)[C@H](CSCc1ccccc1)NC(=O)[C@H](CSC(C)=O)Cc1ccc(Cl)cc1. The molecule has 1 N–H and O–H groups in total. The number of ether oxygens (including phenoxy) is 1.